The van der Waals surface area contributed by atoms with Crippen molar-refractivity contribution in [1.82, 2.24) is 4.98 Å². The third-order valence-corrected chi connectivity index (χ3v) is 4.04. The molecule has 1 N–H and O–H groups in total. The third-order valence-electron chi connectivity index (χ3n) is 4.04. The van der Waals surface area contributed by atoms with E-state index in [4.69, 9.17) is 4.74 Å². The first-order valence-corrected chi connectivity index (χ1v) is 8.75. The SMILES string of the molecule is CC(C)COC(=O)c1ccccc1Nc1ccnc2c(C(F)(F)F)cccc12. The van der Waals surface area contributed by atoms with Gasteiger partial charge in [0.1, 0.15) is 0 Å². The largest absolute Gasteiger partial charge is 0.462 e. The van der Waals surface area contributed by atoms with Crippen molar-refractivity contribution < 1.29 is 22.7 Å². The number of pyridine rings is 1. The van der Waals surface area contributed by atoms with Gasteiger partial charge in [0.2, 0.25) is 0 Å². The third kappa shape index (κ3) is 4.24. The minimum atomic E-state index is -4.51. The molecule has 1 heterocycles. The molecular formula is C21H19F3N2O2. The minimum Gasteiger partial charge on any atom is -0.462 e. The Morgan fingerprint density at radius 1 is 1.07 bits per heavy atom. The number of hydrogen-bond acceptors (Lipinski definition) is 4. The van der Waals surface area contributed by atoms with Crippen molar-refractivity contribution in [2.75, 3.05) is 11.9 Å². The van der Waals surface area contributed by atoms with Crippen LogP contribution in [0.25, 0.3) is 10.9 Å². The van der Waals surface area contributed by atoms with E-state index in [1.54, 1.807) is 36.4 Å². The molecule has 0 spiro atoms. The number of anilines is 2. The van der Waals surface area contributed by atoms with Gasteiger partial charge in [-0.15, -0.1) is 0 Å². The number of hydrogen-bond donors (Lipinski definition) is 1. The average Bonchev–Trinajstić information content (AvgIpc) is 2.65. The lowest BCUT2D eigenvalue weighted by atomic mass is 10.1. The van der Waals surface area contributed by atoms with Crippen LogP contribution in [0.5, 0.6) is 0 Å². The van der Waals surface area contributed by atoms with Crippen LogP contribution in [0.2, 0.25) is 0 Å². The van der Waals surface area contributed by atoms with Crippen LogP contribution < -0.4 is 5.32 Å². The fraction of sp³-hybridized carbons (Fsp3) is 0.238. The number of halogens is 3. The second-order valence-corrected chi connectivity index (χ2v) is 6.72. The fourth-order valence-corrected chi connectivity index (χ4v) is 2.75. The Balaban J connectivity index is 2.00. The molecule has 0 unspecified atom stereocenters. The van der Waals surface area contributed by atoms with E-state index in [1.807, 2.05) is 13.8 Å². The number of carbonyl (C=O) groups is 1. The number of carbonyl (C=O) groups excluding carboxylic acids is 1. The molecule has 0 saturated heterocycles. The van der Waals surface area contributed by atoms with E-state index in [0.29, 0.717) is 22.3 Å². The second kappa shape index (κ2) is 7.88. The topological polar surface area (TPSA) is 51.2 Å². The number of nitrogens with one attached hydrogen (secondary N) is 1. The quantitative estimate of drug-likeness (QED) is 0.561. The molecule has 0 atom stereocenters. The van der Waals surface area contributed by atoms with Gasteiger partial charge in [0.05, 0.1) is 28.9 Å². The molecule has 0 radical (unpaired) electrons. The first kappa shape index (κ1) is 19.7. The summed E-state index contributed by atoms with van der Waals surface area (Å²) < 4.78 is 45.1. The first-order valence-electron chi connectivity index (χ1n) is 8.75. The lowest BCUT2D eigenvalue weighted by Gasteiger charge is -2.15. The molecule has 0 fully saturated rings. The molecule has 146 valence electrons. The van der Waals surface area contributed by atoms with Gasteiger partial charge in [-0.1, -0.05) is 38.1 Å². The van der Waals surface area contributed by atoms with E-state index < -0.39 is 17.7 Å². The molecule has 0 amide bonds. The molecule has 0 aliphatic rings. The van der Waals surface area contributed by atoms with Gasteiger partial charge in [0, 0.05) is 17.3 Å². The Hall–Kier alpha value is -3.09. The zero-order valence-electron chi connectivity index (χ0n) is 15.4. The van der Waals surface area contributed by atoms with E-state index in [0.717, 1.165) is 6.07 Å². The van der Waals surface area contributed by atoms with Gasteiger partial charge in [-0.25, -0.2) is 4.79 Å². The van der Waals surface area contributed by atoms with Gasteiger partial charge in [0.25, 0.3) is 0 Å². The predicted molar refractivity (Wildman–Crippen MR) is 102 cm³/mol. The number of fused-ring (bicyclic) bond motifs is 1. The summed E-state index contributed by atoms with van der Waals surface area (Å²) in [6.45, 7) is 4.14. The second-order valence-electron chi connectivity index (χ2n) is 6.72. The molecular weight excluding hydrogens is 369 g/mol. The maximum atomic E-state index is 13.3. The Labute approximate surface area is 160 Å². The van der Waals surface area contributed by atoms with Crippen LogP contribution in [-0.2, 0) is 10.9 Å². The first-order chi connectivity index (χ1) is 13.3. The van der Waals surface area contributed by atoms with Gasteiger partial charge < -0.3 is 10.1 Å². The van der Waals surface area contributed by atoms with Crippen molar-refractivity contribution in [3.63, 3.8) is 0 Å². The Bertz CT molecular complexity index is 1000. The van der Waals surface area contributed by atoms with E-state index in [9.17, 15) is 18.0 Å². The molecule has 3 aromatic rings. The number of aromatic nitrogens is 1. The number of rotatable bonds is 5. The van der Waals surface area contributed by atoms with Crippen molar-refractivity contribution in [2.24, 2.45) is 5.92 Å². The summed E-state index contributed by atoms with van der Waals surface area (Å²) in [5, 5.41) is 3.36. The van der Waals surface area contributed by atoms with Crippen LogP contribution in [0.1, 0.15) is 29.8 Å². The highest BCUT2D eigenvalue weighted by Gasteiger charge is 2.33. The lowest BCUT2D eigenvalue weighted by Crippen LogP contribution is -2.12. The van der Waals surface area contributed by atoms with Gasteiger partial charge in [-0.05, 0) is 30.2 Å². The summed E-state index contributed by atoms with van der Waals surface area (Å²) in [6, 6.07) is 12.2. The Kier molecular flexibility index (Phi) is 5.53. The van der Waals surface area contributed by atoms with E-state index in [2.05, 4.69) is 10.3 Å². The molecule has 7 heteroatoms. The number of benzene rings is 2. The number of para-hydroxylation sites is 2. The monoisotopic (exact) mass is 388 g/mol. The van der Waals surface area contributed by atoms with Crippen molar-refractivity contribution in [1.29, 1.82) is 0 Å². The van der Waals surface area contributed by atoms with Crippen molar-refractivity contribution >= 4 is 28.2 Å². The van der Waals surface area contributed by atoms with E-state index >= 15 is 0 Å². The fourth-order valence-electron chi connectivity index (χ4n) is 2.75. The minimum absolute atomic E-state index is 0.153. The number of nitrogens with zero attached hydrogens (tertiary/aromatic N) is 1. The number of alkyl halides is 3. The summed E-state index contributed by atoms with van der Waals surface area (Å²) in [6.07, 6.45) is -3.21. The van der Waals surface area contributed by atoms with Crippen LogP contribution >= 0.6 is 0 Å². The molecule has 0 aliphatic heterocycles. The molecule has 1 aromatic heterocycles. The van der Waals surface area contributed by atoms with E-state index in [-0.39, 0.29) is 18.0 Å². The van der Waals surface area contributed by atoms with Gasteiger partial charge in [0.15, 0.2) is 0 Å². The van der Waals surface area contributed by atoms with Crippen molar-refractivity contribution in [3.05, 3.63) is 65.9 Å². The lowest BCUT2D eigenvalue weighted by molar-refractivity contribution is -0.136. The highest BCUT2D eigenvalue weighted by molar-refractivity contribution is 6.00. The zero-order chi connectivity index (χ0) is 20.3. The van der Waals surface area contributed by atoms with Gasteiger partial charge >= 0.3 is 12.1 Å². The smallest absolute Gasteiger partial charge is 0.418 e. The summed E-state index contributed by atoms with van der Waals surface area (Å²) in [7, 11) is 0. The highest BCUT2D eigenvalue weighted by Crippen LogP contribution is 2.36. The molecule has 3 rings (SSSR count). The summed E-state index contributed by atoms with van der Waals surface area (Å²) in [5.41, 5.74) is 0.208. The van der Waals surface area contributed by atoms with Crippen LogP contribution in [0.15, 0.2) is 54.7 Å². The standard InChI is InChI=1S/C21H19F3N2O2/c1-13(2)12-28-20(27)15-6-3-4-9-17(15)26-18-10-11-25-19-14(18)7-5-8-16(19)21(22,23)24/h3-11,13H,12H2,1-2H3,(H,25,26). The summed E-state index contributed by atoms with van der Waals surface area (Å²) in [4.78, 5) is 16.3. The molecule has 28 heavy (non-hydrogen) atoms. The van der Waals surface area contributed by atoms with Crippen molar-refractivity contribution in [2.45, 2.75) is 20.0 Å². The zero-order valence-corrected chi connectivity index (χ0v) is 15.4. The van der Waals surface area contributed by atoms with E-state index in [1.165, 1.54) is 12.3 Å². The summed E-state index contributed by atoms with van der Waals surface area (Å²) in [5.74, 6) is -0.305. The molecule has 0 bridgehead atoms. The maximum Gasteiger partial charge on any atom is 0.418 e. The highest BCUT2D eigenvalue weighted by atomic mass is 19.4. The van der Waals surface area contributed by atoms with Crippen LogP contribution in [0.4, 0.5) is 24.5 Å². The van der Waals surface area contributed by atoms with Crippen LogP contribution in [-0.4, -0.2) is 17.6 Å². The van der Waals surface area contributed by atoms with Gasteiger partial charge in [-0.2, -0.15) is 13.2 Å². The maximum absolute atomic E-state index is 13.3. The molecule has 0 saturated carbocycles. The molecule has 2 aromatic carbocycles. The van der Waals surface area contributed by atoms with Crippen molar-refractivity contribution in [3.8, 4) is 0 Å². The Morgan fingerprint density at radius 3 is 2.54 bits per heavy atom. The number of esters is 1. The number of ether oxygens (including phenoxy) is 1. The molecule has 4 nitrogen and oxygen atoms in total. The molecule has 0 aliphatic carbocycles. The predicted octanol–water partition coefficient (Wildman–Crippen LogP) is 5.81. The van der Waals surface area contributed by atoms with Crippen LogP contribution in [0.3, 0.4) is 0 Å². The Morgan fingerprint density at radius 2 is 1.82 bits per heavy atom. The van der Waals surface area contributed by atoms with Crippen LogP contribution in [0, 0.1) is 5.92 Å². The average molecular weight is 388 g/mol. The normalized spacial score (nSPS) is 11.6. The summed E-state index contributed by atoms with van der Waals surface area (Å²) >= 11 is 0. The van der Waals surface area contributed by atoms with Gasteiger partial charge in [-0.3, -0.25) is 4.98 Å².